The molecule has 0 atom stereocenters. The van der Waals surface area contributed by atoms with Crippen molar-refractivity contribution in [1.29, 1.82) is 5.26 Å². The number of carbonyl (C=O) groups excluding carboxylic acids is 1. The molecule has 0 saturated carbocycles. The lowest BCUT2D eigenvalue weighted by Crippen LogP contribution is -2.20. The number of amides is 1. The van der Waals surface area contributed by atoms with Crippen LogP contribution < -0.4 is 14.8 Å². The summed E-state index contributed by atoms with van der Waals surface area (Å²) < 4.78 is 11.5. The average Bonchev–Trinajstić information content (AvgIpc) is 2.58. The minimum Gasteiger partial charge on any atom is -0.490 e. The lowest BCUT2D eigenvalue weighted by Gasteiger charge is -2.14. The van der Waals surface area contributed by atoms with Crippen molar-refractivity contribution in [3.63, 3.8) is 0 Å². The Hall–Kier alpha value is -1.94. The first-order valence-electron chi connectivity index (χ1n) is 7.19. The molecule has 2 rings (SSSR count). The average molecular weight is 444 g/mol. The minimum atomic E-state index is -0.414. The van der Waals surface area contributed by atoms with E-state index in [1.54, 1.807) is 30.3 Å². The molecular weight excluding hydrogens is 431 g/mol. The molecule has 2 aromatic carbocycles. The molecule has 0 heterocycles. The molecule has 0 aromatic heterocycles. The molecule has 0 saturated heterocycles. The van der Waals surface area contributed by atoms with Crippen LogP contribution in [0.4, 0.5) is 5.69 Å². The maximum Gasteiger partial charge on any atom is 0.262 e. The van der Waals surface area contributed by atoms with Crippen LogP contribution in [0, 0.1) is 11.3 Å². The van der Waals surface area contributed by atoms with Gasteiger partial charge in [-0.25, -0.2) is 0 Å². The van der Waals surface area contributed by atoms with E-state index in [2.05, 4.69) is 21.2 Å². The van der Waals surface area contributed by atoms with Gasteiger partial charge in [0.2, 0.25) is 0 Å². The van der Waals surface area contributed by atoms with Gasteiger partial charge in [0.1, 0.15) is 0 Å². The maximum absolute atomic E-state index is 12.1. The number of nitrogens with one attached hydrogen (secondary N) is 1. The predicted octanol–water partition coefficient (Wildman–Crippen LogP) is 5.04. The SMILES string of the molecule is CCOc1cc(C#N)cc(Br)c1OCC(=O)Nc1cccc(Cl)c1Cl. The highest BCUT2D eigenvalue weighted by Crippen LogP contribution is 2.37. The number of nitrogens with zero attached hydrogens (tertiary/aromatic N) is 1. The molecule has 0 aliphatic carbocycles. The van der Waals surface area contributed by atoms with Gasteiger partial charge in [0.25, 0.3) is 5.91 Å². The number of rotatable bonds is 6. The topological polar surface area (TPSA) is 71.3 Å². The van der Waals surface area contributed by atoms with Crippen LogP contribution in [0.2, 0.25) is 10.0 Å². The van der Waals surface area contributed by atoms with Crippen LogP contribution in [0.25, 0.3) is 0 Å². The summed E-state index contributed by atoms with van der Waals surface area (Å²) in [6, 6.07) is 10.1. The van der Waals surface area contributed by atoms with E-state index in [-0.39, 0.29) is 11.6 Å². The number of anilines is 1. The molecule has 1 N–H and O–H groups in total. The summed E-state index contributed by atoms with van der Waals surface area (Å²) in [5.41, 5.74) is 0.810. The van der Waals surface area contributed by atoms with Gasteiger partial charge in [0.15, 0.2) is 18.1 Å². The van der Waals surface area contributed by atoms with E-state index in [0.717, 1.165) is 0 Å². The summed E-state index contributed by atoms with van der Waals surface area (Å²) in [6.45, 7) is 1.93. The lowest BCUT2D eigenvalue weighted by atomic mass is 10.2. The first kappa shape index (κ1) is 19.4. The highest BCUT2D eigenvalue weighted by atomic mass is 79.9. The largest absolute Gasteiger partial charge is 0.490 e. The molecule has 2 aromatic rings. The van der Waals surface area contributed by atoms with E-state index in [4.69, 9.17) is 37.9 Å². The fourth-order valence-corrected chi connectivity index (χ4v) is 2.86. The Kier molecular flexibility index (Phi) is 6.94. The Morgan fingerprint density at radius 1 is 1.32 bits per heavy atom. The zero-order valence-electron chi connectivity index (χ0n) is 13.1. The van der Waals surface area contributed by atoms with Crippen LogP contribution >= 0.6 is 39.1 Å². The summed E-state index contributed by atoms with van der Waals surface area (Å²) >= 11 is 15.3. The fourth-order valence-electron chi connectivity index (χ4n) is 1.96. The molecule has 5 nitrogen and oxygen atoms in total. The highest BCUT2D eigenvalue weighted by Gasteiger charge is 2.15. The molecule has 8 heteroatoms. The standard InChI is InChI=1S/C17H13BrCl2N2O3/c1-2-24-14-7-10(8-21)6-11(18)17(14)25-9-15(23)22-13-5-3-4-12(19)16(13)20/h3-7H,2,9H2,1H3,(H,22,23). The second-order valence-corrected chi connectivity index (χ2v) is 6.41. The zero-order chi connectivity index (χ0) is 18.4. The number of ether oxygens (including phenoxy) is 2. The van der Waals surface area contributed by atoms with E-state index < -0.39 is 5.91 Å². The number of halogens is 3. The molecule has 0 spiro atoms. The van der Waals surface area contributed by atoms with E-state index in [1.807, 2.05) is 13.0 Å². The molecule has 25 heavy (non-hydrogen) atoms. The number of carbonyl (C=O) groups is 1. The summed E-state index contributed by atoms with van der Waals surface area (Å²) in [5, 5.41) is 12.2. The molecule has 0 bridgehead atoms. The third-order valence-electron chi connectivity index (χ3n) is 3.01. The van der Waals surface area contributed by atoms with Crippen LogP contribution in [-0.2, 0) is 4.79 Å². The van der Waals surface area contributed by atoms with Gasteiger partial charge in [-0.05, 0) is 41.1 Å². The number of nitriles is 1. The minimum absolute atomic E-state index is 0.257. The van der Waals surface area contributed by atoms with Gasteiger partial charge in [-0.3, -0.25) is 4.79 Å². The van der Waals surface area contributed by atoms with Crippen LogP contribution in [0.1, 0.15) is 12.5 Å². The van der Waals surface area contributed by atoms with Crippen molar-refractivity contribution in [3.05, 3.63) is 50.4 Å². The molecule has 0 aliphatic heterocycles. The van der Waals surface area contributed by atoms with Crippen molar-refractivity contribution < 1.29 is 14.3 Å². The van der Waals surface area contributed by atoms with Crippen molar-refractivity contribution in [1.82, 2.24) is 0 Å². The van der Waals surface area contributed by atoms with Gasteiger partial charge in [0.05, 0.1) is 38.4 Å². The maximum atomic E-state index is 12.1. The van der Waals surface area contributed by atoms with E-state index >= 15 is 0 Å². The number of benzene rings is 2. The predicted molar refractivity (Wildman–Crippen MR) is 101 cm³/mol. The molecule has 130 valence electrons. The molecule has 0 fully saturated rings. The molecule has 1 amide bonds. The van der Waals surface area contributed by atoms with Gasteiger partial charge in [-0.2, -0.15) is 5.26 Å². The third-order valence-corrected chi connectivity index (χ3v) is 4.42. The summed E-state index contributed by atoms with van der Waals surface area (Å²) in [4.78, 5) is 12.1. The van der Waals surface area contributed by atoms with Crippen molar-refractivity contribution >= 4 is 50.7 Å². The fraction of sp³-hybridized carbons (Fsp3) is 0.176. The Balaban J connectivity index is 2.11. The lowest BCUT2D eigenvalue weighted by molar-refractivity contribution is -0.118. The summed E-state index contributed by atoms with van der Waals surface area (Å²) in [5.74, 6) is 0.304. The van der Waals surface area contributed by atoms with Crippen LogP contribution in [0.3, 0.4) is 0 Å². The number of hydrogen-bond acceptors (Lipinski definition) is 4. The van der Waals surface area contributed by atoms with Gasteiger partial charge in [-0.1, -0.05) is 29.3 Å². The Bertz CT molecular complexity index is 837. The summed E-state index contributed by atoms with van der Waals surface area (Å²) in [7, 11) is 0. The van der Waals surface area contributed by atoms with Crippen molar-refractivity contribution in [2.45, 2.75) is 6.92 Å². The van der Waals surface area contributed by atoms with Gasteiger partial charge < -0.3 is 14.8 Å². The number of hydrogen-bond donors (Lipinski definition) is 1. The van der Waals surface area contributed by atoms with Gasteiger partial charge in [-0.15, -0.1) is 0 Å². The summed E-state index contributed by atoms with van der Waals surface area (Å²) in [6.07, 6.45) is 0. The van der Waals surface area contributed by atoms with Crippen molar-refractivity contribution in [2.75, 3.05) is 18.5 Å². The Morgan fingerprint density at radius 3 is 2.76 bits per heavy atom. The Morgan fingerprint density at radius 2 is 2.08 bits per heavy atom. The molecular formula is C17H13BrCl2N2O3. The smallest absolute Gasteiger partial charge is 0.262 e. The van der Waals surface area contributed by atoms with Crippen LogP contribution in [0.5, 0.6) is 11.5 Å². The first-order chi connectivity index (χ1) is 12.0. The van der Waals surface area contributed by atoms with Crippen LogP contribution in [-0.4, -0.2) is 19.1 Å². The van der Waals surface area contributed by atoms with E-state index in [1.165, 1.54) is 0 Å². The van der Waals surface area contributed by atoms with Crippen LogP contribution in [0.15, 0.2) is 34.8 Å². The highest BCUT2D eigenvalue weighted by molar-refractivity contribution is 9.10. The second kappa shape index (κ2) is 8.95. The van der Waals surface area contributed by atoms with Gasteiger partial charge >= 0.3 is 0 Å². The normalized spacial score (nSPS) is 10.0. The molecule has 0 radical (unpaired) electrons. The van der Waals surface area contributed by atoms with E-state index in [0.29, 0.717) is 38.9 Å². The quantitative estimate of drug-likeness (QED) is 0.678. The zero-order valence-corrected chi connectivity index (χ0v) is 16.2. The molecule has 0 aliphatic rings. The third kappa shape index (κ3) is 5.02. The monoisotopic (exact) mass is 442 g/mol. The van der Waals surface area contributed by atoms with Gasteiger partial charge in [0, 0.05) is 6.07 Å². The van der Waals surface area contributed by atoms with Crippen molar-refractivity contribution in [3.8, 4) is 17.6 Å². The van der Waals surface area contributed by atoms with Crippen molar-refractivity contribution in [2.24, 2.45) is 0 Å². The molecule has 0 unspecified atom stereocenters. The van der Waals surface area contributed by atoms with E-state index in [9.17, 15) is 4.79 Å². The second-order valence-electron chi connectivity index (χ2n) is 4.77. The first-order valence-corrected chi connectivity index (χ1v) is 8.74. The Labute approximate surface area is 163 Å².